The zero-order valence-corrected chi connectivity index (χ0v) is 19.4. The van der Waals surface area contributed by atoms with Crippen molar-refractivity contribution in [3.05, 3.63) is 72.3 Å². The Morgan fingerprint density at radius 1 is 0.971 bits per heavy atom. The first-order valence-corrected chi connectivity index (χ1v) is 11.9. The molecule has 172 valence electrons. The molecule has 5 rings (SSSR count). The molecule has 0 aliphatic carbocycles. The SMILES string of the molecule is COc1ccc(C2=Nc3ccccc3N=C(SCC(=O)Nc3ccc4c(c3)OCCO4)C2)cc1. The van der Waals surface area contributed by atoms with Crippen molar-refractivity contribution in [1.82, 2.24) is 0 Å². The van der Waals surface area contributed by atoms with Crippen molar-refractivity contribution in [2.45, 2.75) is 6.42 Å². The number of amides is 1. The quantitative estimate of drug-likeness (QED) is 0.537. The summed E-state index contributed by atoms with van der Waals surface area (Å²) in [5.41, 5.74) is 4.16. The fraction of sp³-hybridized carbons (Fsp3) is 0.192. The minimum atomic E-state index is -0.121. The zero-order chi connectivity index (χ0) is 23.3. The largest absolute Gasteiger partial charge is 0.497 e. The molecule has 0 fully saturated rings. The lowest BCUT2D eigenvalue weighted by atomic mass is 10.1. The molecule has 0 saturated carbocycles. The molecule has 34 heavy (non-hydrogen) atoms. The van der Waals surface area contributed by atoms with E-state index in [1.165, 1.54) is 11.8 Å². The summed E-state index contributed by atoms with van der Waals surface area (Å²) < 4.78 is 16.4. The number of carbonyl (C=O) groups excluding carboxylic acids is 1. The van der Waals surface area contributed by atoms with E-state index in [-0.39, 0.29) is 11.7 Å². The van der Waals surface area contributed by atoms with Crippen LogP contribution in [0.25, 0.3) is 0 Å². The molecular weight excluding hydrogens is 450 g/mol. The van der Waals surface area contributed by atoms with E-state index in [1.54, 1.807) is 19.2 Å². The molecule has 0 aromatic heterocycles. The van der Waals surface area contributed by atoms with Gasteiger partial charge in [0.05, 0.1) is 35.0 Å². The van der Waals surface area contributed by atoms with Crippen LogP contribution in [0.1, 0.15) is 12.0 Å². The number of rotatable bonds is 5. The summed E-state index contributed by atoms with van der Waals surface area (Å²) >= 11 is 1.41. The van der Waals surface area contributed by atoms with Crippen LogP contribution in [0.3, 0.4) is 0 Å². The molecule has 3 aromatic rings. The Kier molecular flexibility index (Phi) is 6.49. The van der Waals surface area contributed by atoms with E-state index in [4.69, 9.17) is 24.2 Å². The number of benzene rings is 3. The number of hydrogen-bond donors (Lipinski definition) is 1. The molecule has 2 heterocycles. The normalized spacial score (nSPS) is 14.3. The highest BCUT2D eigenvalue weighted by atomic mass is 32.2. The molecule has 1 amide bonds. The number of nitrogens with one attached hydrogen (secondary N) is 1. The first-order valence-electron chi connectivity index (χ1n) is 10.9. The predicted molar refractivity (Wildman–Crippen MR) is 136 cm³/mol. The summed E-state index contributed by atoms with van der Waals surface area (Å²) in [5, 5.41) is 3.76. The molecule has 1 N–H and O–H groups in total. The summed E-state index contributed by atoms with van der Waals surface area (Å²) in [4.78, 5) is 22.4. The van der Waals surface area contributed by atoms with Gasteiger partial charge in [0, 0.05) is 18.2 Å². The molecule has 0 radical (unpaired) electrons. The summed E-state index contributed by atoms with van der Waals surface area (Å²) in [6.07, 6.45) is 0.531. The minimum absolute atomic E-state index is 0.121. The highest BCUT2D eigenvalue weighted by Gasteiger charge is 2.17. The molecule has 0 unspecified atom stereocenters. The zero-order valence-electron chi connectivity index (χ0n) is 18.6. The topological polar surface area (TPSA) is 81.5 Å². The number of carbonyl (C=O) groups is 1. The summed E-state index contributed by atoms with van der Waals surface area (Å²) in [6, 6.07) is 21.0. The number of thioether (sulfide) groups is 1. The van der Waals surface area contributed by atoms with Gasteiger partial charge in [-0.1, -0.05) is 12.1 Å². The lowest BCUT2D eigenvalue weighted by Crippen LogP contribution is -2.18. The number of fused-ring (bicyclic) bond motifs is 2. The highest BCUT2D eigenvalue weighted by molar-refractivity contribution is 8.14. The van der Waals surface area contributed by atoms with Gasteiger partial charge in [-0.3, -0.25) is 9.79 Å². The molecule has 8 heteroatoms. The maximum Gasteiger partial charge on any atom is 0.234 e. The van der Waals surface area contributed by atoms with Crippen LogP contribution in [0, 0.1) is 0 Å². The summed E-state index contributed by atoms with van der Waals surface area (Å²) in [7, 11) is 1.64. The lowest BCUT2D eigenvalue weighted by molar-refractivity contribution is -0.113. The van der Waals surface area contributed by atoms with Crippen LogP contribution in [0.5, 0.6) is 17.2 Å². The fourth-order valence-corrected chi connectivity index (χ4v) is 4.43. The Bertz CT molecular complexity index is 1270. The van der Waals surface area contributed by atoms with Gasteiger partial charge in [-0.05, 0) is 54.1 Å². The maximum absolute atomic E-state index is 12.7. The summed E-state index contributed by atoms with van der Waals surface area (Å²) in [5.74, 6) is 2.23. The van der Waals surface area contributed by atoms with E-state index < -0.39 is 0 Å². The van der Waals surface area contributed by atoms with E-state index >= 15 is 0 Å². The number of nitrogens with zero attached hydrogens (tertiary/aromatic N) is 2. The molecule has 7 nitrogen and oxygen atoms in total. The molecule has 2 aliphatic heterocycles. The highest BCUT2D eigenvalue weighted by Crippen LogP contribution is 2.34. The molecule has 3 aromatic carbocycles. The van der Waals surface area contributed by atoms with Gasteiger partial charge in [0.15, 0.2) is 11.5 Å². The van der Waals surface area contributed by atoms with Crippen LogP contribution in [-0.4, -0.2) is 42.7 Å². The Morgan fingerprint density at radius 3 is 2.47 bits per heavy atom. The van der Waals surface area contributed by atoms with Crippen LogP contribution in [-0.2, 0) is 4.79 Å². The van der Waals surface area contributed by atoms with E-state index in [0.29, 0.717) is 36.8 Å². The Balaban J connectivity index is 1.30. The molecule has 0 saturated heterocycles. The number of aliphatic imine (C=N–C) groups is 2. The Hall–Kier alpha value is -3.78. The fourth-order valence-electron chi connectivity index (χ4n) is 3.66. The average molecular weight is 474 g/mol. The van der Waals surface area contributed by atoms with Gasteiger partial charge in [-0.25, -0.2) is 4.99 Å². The smallest absolute Gasteiger partial charge is 0.234 e. The van der Waals surface area contributed by atoms with Crippen molar-refractivity contribution in [3.63, 3.8) is 0 Å². The monoisotopic (exact) mass is 473 g/mol. The number of hydrogen-bond acceptors (Lipinski definition) is 7. The van der Waals surface area contributed by atoms with Gasteiger partial charge in [-0.2, -0.15) is 0 Å². The maximum atomic E-state index is 12.7. The lowest BCUT2D eigenvalue weighted by Gasteiger charge is -2.19. The second kappa shape index (κ2) is 10.0. The third kappa shape index (κ3) is 5.07. The minimum Gasteiger partial charge on any atom is -0.497 e. The van der Waals surface area contributed by atoms with Crippen molar-refractivity contribution in [3.8, 4) is 17.2 Å². The van der Waals surface area contributed by atoms with Gasteiger partial charge in [0.1, 0.15) is 19.0 Å². The van der Waals surface area contributed by atoms with Crippen LogP contribution < -0.4 is 19.5 Å². The third-order valence-corrected chi connectivity index (χ3v) is 6.30. The van der Waals surface area contributed by atoms with Crippen molar-refractivity contribution in [2.75, 3.05) is 31.4 Å². The van der Waals surface area contributed by atoms with Crippen molar-refractivity contribution < 1.29 is 19.0 Å². The first-order chi connectivity index (χ1) is 16.7. The summed E-state index contributed by atoms with van der Waals surface area (Å²) in [6.45, 7) is 1.03. The molecule has 0 spiro atoms. The second-order valence-electron chi connectivity index (χ2n) is 7.65. The van der Waals surface area contributed by atoms with Crippen molar-refractivity contribution >= 4 is 45.5 Å². The first kappa shape index (κ1) is 22.0. The standard InChI is InChI=1S/C26H23N3O4S/c1-31-19-9-6-17(7-10-19)22-15-26(29-21-5-3-2-4-20(21)28-22)34-16-25(30)27-18-8-11-23-24(14-18)33-13-12-32-23/h2-11,14H,12-13,15-16H2,1H3,(H,27,30). The van der Waals surface area contributed by atoms with Gasteiger partial charge in [-0.15, -0.1) is 11.8 Å². The Labute approximate surface area is 201 Å². The number of anilines is 1. The predicted octanol–water partition coefficient (Wildman–Crippen LogP) is 5.39. The van der Waals surface area contributed by atoms with Gasteiger partial charge in [0.25, 0.3) is 0 Å². The number of ether oxygens (including phenoxy) is 3. The van der Waals surface area contributed by atoms with Gasteiger partial charge in [0.2, 0.25) is 5.91 Å². The third-order valence-electron chi connectivity index (χ3n) is 5.32. The van der Waals surface area contributed by atoms with E-state index in [9.17, 15) is 4.79 Å². The van der Waals surface area contributed by atoms with Gasteiger partial charge < -0.3 is 19.5 Å². The average Bonchev–Trinajstić information content (AvgIpc) is 3.07. The van der Waals surface area contributed by atoms with E-state index in [0.717, 1.165) is 33.4 Å². The van der Waals surface area contributed by atoms with Gasteiger partial charge >= 0.3 is 0 Å². The van der Waals surface area contributed by atoms with Crippen LogP contribution in [0.2, 0.25) is 0 Å². The van der Waals surface area contributed by atoms with Crippen molar-refractivity contribution in [2.24, 2.45) is 9.98 Å². The molecule has 2 aliphatic rings. The molecular formula is C26H23N3O4S. The van der Waals surface area contributed by atoms with Crippen LogP contribution in [0.4, 0.5) is 17.1 Å². The van der Waals surface area contributed by atoms with Crippen LogP contribution >= 0.6 is 11.8 Å². The van der Waals surface area contributed by atoms with Crippen molar-refractivity contribution in [1.29, 1.82) is 0 Å². The molecule has 0 bridgehead atoms. The van der Waals surface area contributed by atoms with E-state index in [2.05, 4.69) is 5.32 Å². The van der Waals surface area contributed by atoms with Crippen LogP contribution in [0.15, 0.2) is 76.7 Å². The molecule has 0 atom stereocenters. The van der Waals surface area contributed by atoms with E-state index in [1.807, 2.05) is 54.6 Å². The Morgan fingerprint density at radius 2 is 1.71 bits per heavy atom. The number of methoxy groups -OCH3 is 1. The second-order valence-corrected chi connectivity index (χ2v) is 8.70. The number of para-hydroxylation sites is 2.